The van der Waals surface area contributed by atoms with Crippen LogP contribution in [-0.4, -0.2) is 19.5 Å². The Balaban J connectivity index is 0.000000307. The second-order valence-electron chi connectivity index (χ2n) is 7.49. The third kappa shape index (κ3) is 5.76. The van der Waals surface area contributed by atoms with E-state index < -0.39 is 19.5 Å². The van der Waals surface area contributed by atoms with Gasteiger partial charge in [-0.25, -0.2) is 0 Å². The molecule has 0 aliphatic carbocycles. The first-order chi connectivity index (χ1) is 14.8. The molecule has 4 aromatic rings. The summed E-state index contributed by atoms with van der Waals surface area (Å²) in [5.41, 5.74) is 6.56. The van der Waals surface area contributed by atoms with E-state index in [-0.39, 0.29) is 0 Å². The molecule has 2 heterocycles. The molecule has 0 saturated heterocycles. The number of aromatic nitrogens is 1. The molecule has 1 nitrogen and oxygen atoms in total. The van der Waals surface area contributed by atoms with Gasteiger partial charge in [0.05, 0.1) is 10.9 Å². The monoisotopic (exact) mass is 577 g/mol. The zero-order valence-corrected chi connectivity index (χ0v) is 19.8. The second kappa shape index (κ2) is 7.39. The quantitative estimate of drug-likeness (QED) is 0.123. The van der Waals surface area contributed by atoms with Gasteiger partial charge in [0.25, 0.3) is 0 Å². The van der Waals surface area contributed by atoms with Gasteiger partial charge in [0, 0.05) is 23.1 Å². The number of pyridine rings is 1. The van der Waals surface area contributed by atoms with E-state index in [9.17, 15) is 16.9 Å². The van der Waals surface area contributed by atoms with Crippen LogP contribution < -0.4 is 4.57 Å². The van der Waals surface area contributed by atoms with Gasteiger partial charge in [-0.2, -0.15) is 4.57 Å². The first-order valence-electron chi connectivity index (χ1n) is 9.62. The van der Waals surface area contributed by atoms with Crippen molar-refractivity contribution in [1.29, 1.82) is 0 Å². The predicted octanol–water partition coefficient (Wildman–Crippen LogP) is 7.81. The van der Waals surface area contributed by atoms with E-state index in [1.807, 2.05) is 12.1 Å². The molecule has 1 aliphatic heterocycles. The molecule has 0 radical (unpaired) electrons. The molecule has 168 valence electrons. The van der Waals surface area contributed by atoms with E-state index in [1.54, 1.807) is 0 Å². The van der Waals surface area contributed by atoms with Crippen LogP contribution in [0.4, 0.5) is 16.9 Å². The van der Waals surface area contributed by atoms with Crippen molar-refractivity contribution in [1.82, 2.24) is 0 Å². The summed E-state index contributed by atoms with van der Waals surface area (Å²) in [6, 6.07) is 27.9. The maximum absolute atomic E-state index is 11.2. The summed E-state index contributed by atoms with van der Waals surface area (Å²) in [6.07, 6.45) is 1.06. The third-order valence-corrected chi connectivity index (χ3v) is 5.34. The molecule has 1 aromatic heterocycles. The molecule has 1 aliphatic rings. The Labute approximate surface area is 187 Å². The summed E-state index contributed by atoms with van der Waals surface area (Å²) in [5, 5.41) is 3.36. The molecule has 0 amide bonds. The van der Waals surface area contributed by atoms with Crippen LogP contribution in [-0.2, 0) is 13.0 Å². The summed E-state index contributed by atoms with van der Waals surface area (Å²) in [7, 11) is 0. The zero-order chi connectivity index (χ0) is 23.2. The number of halogens is 7. The van der Waals surface area contributed by atoms with Crippen LogP contribution in [0.3, 0.4) is 0 Å². The fourth-order valence-corrected chi connectivity index (χ4v) is 4.04. The van der Waals surface area contributed by atoms with Gasteiger partial charge in [0.1, 0.15) is 0 Å². The summed E-state index contributed by atoms with van der Waals surface area (Å²) in [4.78, 5) is 0. The number of rotatable bonds is 1. The molecule has 0 saturated carbocycles. The van der Waals surface area contributed by atoms with Gasteiger partial charge in [0.15, 0.2) is 6.54 Å². The van der Waals surface area contributed by atoms with E-state index in [4.69, 9.17) is 11.6 Å². The molecule has 0 bridgehead atoms. The normalized spacial score (nSPS) is 15.0. The Morgan fingerprint density at radius 1 is 0.750 bits per heavy atom. The van der Waals surface area contributed by atoms with E-state index in [0.717, 1.165) is 18.0 Å². The first-order valence-corrected chi connectivity index (χ1v) is 15.8. The SMILES string of the molecule is Clc1ccc(-c2cc3ccccc3c3[n+]2CCc2ccccc2-3)cc1.[F][Sb-]([F])([F])([F])([F])[F]. The number of fused-ring (bicyclic) bond motifs is 5. The molecule has 0 spiro atoms. The number of hydrogen-bond acceptors (Lipinski definition) is 0. The van der Waals surface area contributed by atoms with Gasteiger partial charge in [-0.05, 0) is 47.3 Å². The molecule has 3 aromatic carbocycles. The Morgan fingerprint density at radius 3 is 2.03 bits per heavy atom. The Morgan fingerprint density at radius 2 is 1.34 bits per heavy atom. The molecule has 9 heteroatoms. The van der Waals surface area contributed by atoms with Gasteiger partial charge in [-0.3, -0.25) is 0 Å². The standard InChI is InChI=1S/C23H17ClN.6FH.Sb/c24-19-11-9-17(10-12-19)22-15-18-6-2-4-8-21(18)23-20-7-3-1-5-16(20)13-14-25(22)23;;;;;;;/h1-12,15H,13-14H2;6*1H;/q+1;;;;;;;+5/p-6. The van der Waals surface area contributed by atoms with Gasteiger partial charge in [0.2, 0.25) is 11.4 Å². The van der Waals surface area contributed by atoms with Gasteiger partial charge in [-0.1, -0.05) is 48.0 Å². The van der Waals surface area contributed by atoms with Crippen LogP contribution in [0.25, 0.3) is 33.3 Å². The van der Waals surface area contributed by atoms with Crippen LogP contribution >= 0.6 is 11.6 Å². The van der Waals surface area contributed by atoms with Crippen molar-refractivity contribution in [2.24, 2.45) is 0 Å². The first kappa shape index (κ1) is 22.9. The van der Waals surface area contributed by atoms with Crippen LogP contribution in [0.15, 0.2) is 78.9 Å². The molecule has 32 heavy (non-hydrogen) atoms. The Bertz CT molecular complexity index is 1310. The van der Waals surface area contributed by atoms with Gasteiger partial charge in [-0.15, -0.1) is 0 Å². The van der Waals surface area contributed by atoms with Crippen LogP contribution in [0.1, 0.15) is 5.56 Å². The van der Waals surface area contributed by atoms with Crippen molar-refractivity contribution < 1.29 is 21.4 Å². The Hall–Kier alpha value is -2.24. The van der Waals surface area contributed by atoms with Crippen molar-refractivity contribution >= 4 is 41.8 Å². The average molecular weight is 579 g/mol. The molecule has 0 N–H and O–H groups in total. The topological polar surface area (TPSA) is 3.88 Å². The third-order valence-electron chi connectivity index (χ3n) is 5.09. The van der Waals surface area contributed by atoms with Gasteiger partial charge >= 0.3 is 36.4 Å². The predicted molar refractivity (Wildman–Crippen MR) is 116 cm³/mol. The summed E-state index contributed by atoms with van der Waals surface area (Å²) in [6.45, 7) is 0.995. The van der Waals surface area contributed by atoms with E-state index in [1.165, 1.54) is 38.9 Å². The van der Waals surface area contributed by atoms with Crippen molar-refractivity contribution in [3.05, 3.63) is 89.4 Å². The van der Waals surface area contributed by atoms with Crippen LogP contribution in [0.5, 0.6) is 0 Å². The molecule has 0 fully saturated rings. The summed E-state index contributed by atoms with van der Waals surface area (Å²) >= 11 is -5.15. The number of benzene rings is 3. The van der Waals surface area contributed by atoms with Crippen LogP contribution in [0.2, 0.25) is 5.02 Å². The zero-order valence-electron chi connectivity index (χ0n) is 16.5. The summed E-state index contributed by atoms with van der Waals surface area (Å²) in [5.74, 6) is 0. The number of aryl methyl sites for hydroxylation is 1. The minimum absolute atomic E-state index is 0.772. The average Bonchev–Trinajstić information content (AvgIpc) is 2.71. The van der Waals surface area contributed by atoms with Gasteiger partial charge < -0.3 is 0 Å². The maximum atomic E-state index is 9.93. The van der Waals surface area contributed by atoms with E-state index >= 15 is 0 Å². The second-order valence-corrected chi connectivity index (χ2v) is 13.4. The molecule has 5 rings (SSSR count). The van der Waals surface area contributed by atoms with Crippen molar-refractivity contribution in [3.8, 4) is 22.5 Å². The van der Waals surface area contributed by atoms with Crippen molar-refractivity contribution in [2.45, 2.75) is 13.0 Å². The molecular formula is C23H17ClF6NSb. The Kier molecular flexibility index (Phi) is 5.30. The molecular weight excluding hydrogens is 561 g/mol. The van der Waals surface area contributed by atoms with Crippen LogP contribution in [0, 0.1) is 0 Å². The fraction of sp³-hybridized carbons (Fsp3) is 0.0870. The molecule has 0 atom stereocenters. The summed E-state index contributed by atoms with van der Waals surface area (Å²) < 4.78 is 62.0. The van der Waals surface area contributed by atoms with E-state index in [2.05, 4.69) is 71.3 Å². The fourth-order valence-electron chi connectivity index (χ4n) is 3.91. The molecule has 0 unspecified atom stereocenters. The van der Waals surface area contributed by atoms with Crippen molar-refractivity contribution in [2.75, 3.05) is 0 Å². The number of nitrogens with zero attached hydrogens (tertiary/aromatic N) is 1. The minimum atomic E-state index is -11.2. The number of hydrogen-bond donors (Lipinski definition) is 0. The van der Waals surface area contributed by atoms with E-state index in [0.29, 0.717) is 0 Å². The van der Waals surface area contributed by atoms with Crippen molar-refractivity contribution in [3.63, 3.8) is 0 Å².